The molecule has 0 N–H and O–H groups in total. The van der Waals surface area contributed by atoms with Gasteiger partial charge in [0.05, 0.1) is 6.54 Å². The average Bonchev–Trinajstić information content (AvgIpc) is 3.03. The molecular formula is C17H19NO3. The highest BCUT2D eigenvalue weighted by atomic mass is 16.3. The third kappa shape index (κ3) is 2.71. The van der Waals surface area contributed by atoms with Gasteiger partial charge in [-0.3, -0.25) is 9.59 Å². The summed E-state index contributed by atoms with van der Waals surface area (Å²) < 4.78 is 5.56. The minimum atomic E-state index is -0.135. The lowest BCUT2D eigenvalue weighted by Gasteiger charge is -2.16. The molecule has 1 aliphatic rings. The van der Waals surface area contributed by atoms with Crippen molar-refractivity contribution in [2.75, 3.05) is 13.1 Å². The molecule has 0 saturated carbocycles. The number of benzene rings is 1. The van der Waals surface area contributed by atoms with Crippen LogP contribution >= 0.6 is 0 Å². The van der Waals surface area contributed by atoms with Gasteiger partial charge in [0, 0.05) is 18.4 Å². The van der Waals surface area contributed by atoms with Crippen LogP contribution in [0.3, 0.4) is 0 Å². The molecule has 0 bridgehead atoms. The topological polar surface area (TPSA) is 50.5 Å². The molecule has 1 atom stereocenters. The molecule has 2 heterocycles. The van der Waals surface area contributed by atoms with Gasteiger partial charge >= 0.3 is 0 Å². The van der Waals surface area contributed by atoms with E-state index in [1.165, 1.54) is 0 Å². The van der Waals surface area contributed by atoms with Crippen molar-refractivity contribution >= 4 is 22.7 Å². The molecule has 1 fully saturated rings. The number of nitrogens with zero attached hydrogens (tertiary/aromatic N) is 1. The van der Waals surface area contributed by atoms with E-state index in [4.69, 9.17) is 4.42 Å². The minimum Gasteiger partial charge on any atom is -0.453 e. The van der Waals surface area contributed by atoms with E-state index in [1.807, 2.05) is 24.3 Å². The number of rotatable bonds is 4. The first kappa shape index (κ1) is 13.9. The number of ketones is 1. The van der Waals surface area contributed by atoms with E-state index in [2.05, 4.69) is 13.8 Å². The van der Waals surface area contributed by atoms with E-state index in [9.17, 15) is 9.59 Å². The molecule has 3 rings (SSSR count). The Morgan fingerprint density at radius 1 is 1.38 bits per heavy atom. The highest BCUT2D eigenvalue weighted by Crippen LogP contribution is 2.25. The Labute approximate surface area is 123 Å². The Hall–Kier alpha value is -2.10. The zero-order chi connectivity index (χ0) is 15.0. The number of para-hydroxylation sites is 1. The summed E-state index contributed by atoms with van der Waals surface area (Å²) in [4.78, 5) is 25.9. The molecule has 1 aromatic heterocycles. The fourth-order valence-electron chi connectivity index (χ4n) is 2.77. The lowest BCUT2D eigenvalue weighted by molar-refractivity contribution is -0.127. The lowest BCUT2D eigenvalue weighted by atomic mass is 9.95. The van der Waals surface area contributed by atoms with Crippen molar-refractivity contribution in [2.24, 2.45) is 11.8 Å². The van der Waals surface area contributed by atoms with Crippen molar-refractivity contribution in [2.45, 2.75) is 20.3 Å². The molecule has 2 aromatic rings. The first-order valence-corrected chi connectivity index (χ1v) is 7.34. The van der Waals surface area contributed by atoms with Crippen LogP contribution in [0.25, 0.3) is 11.0 Å². The maximum Gasteiger partial charge on any atom is 0.223 e. The number of carbonyl (C=O) groups excluding carboxylic acids is 2. The molecule has 1 saturated heterocycles. The van der Waals surface area contributed by atoms with Crippen molar-refractivity contribution in [1.82, 2.24) is 4.90 Å². The van der Waals surface area contributed by atoms with Crippen LogP contribution in [0.5, 0.6) is 0 Å². The molecule has 1 aromatic carbocycles. The smallest absolute Gasteiger partial charge is 0.223 e. The first-order chi connectivity index (χ1) is 10.0. The molecule has 0 spiro atoms. The Morgan fingerprint density at radius 3 is 2.81 bits per heavy atom. The molecule has 1 aliphatic heterocycles. The summed E-state index contributed by atoms with van der Waals surface area (Å²) in [6, 6.07) is 9.27. The van der Waals surface area contributed by atoms with Gasteiger partial charge < -0.3 is 9.32 Å². The molecule has 21 heavy (non-hydrogen) atoms. The lowest BCUT2D eigenvalue weighted by Crippen LogP contribution is -2.31. The molecule has 1 unspecified atom stereocenters. The quantitative estimate of drug-likeness (QED) is 0.811. The minimum absolute atomic E-state index is 0.0677. The number of furan rings is 1. The summed E-state index contributed by atoms with van der Waals surface area (Å²) in [5, 5.41) is 0.911. The van der Waals surface area contributed by atoms with E-state index in [0.717, 1.165) is 5.39 Å². The fraction of sp³-hybridized carbons (Fsp3) is 0.412. The van der Waals surface area contributed by atoms with E-state index < -0.39 is 0 Å². The third-order valence-corrected chi connectivity index (χ3v) is 4.22. The van der Waals surface area contributed by atoms with Crippen molar-refractivity contribution in [3.63, 3.8) is 0 Å². The van der Waals surface area contributed by atoms with Crippen LogP contribution in [0.4, 0.5) is 0 Å². The summed E-state index contributed by atoms with van der Waals surface area (Å²) in [6.45, 7) is 5.01. The Balaban J connectivity index is 1.73. The van der Waals surface area contributed by atoms with Gasteiger partial charge in [0.2, 0.25) is 11.7 Å². The summed E-state index contributed by atoms with van der Waals surface area (Å²) >= 11 is 0. The van der Waals surface area contributed by atoms with Crippen LogP contribution < -0.4 is 0 Å². The Kier molecular flexibility index (Phi) is 3.53. The highest BCUT2D eigenvalue weighted by Gasteiger charge is 2.32. The number of fused-ring (bicyclic) bond motifs is 1. The van der Waals surface area contributed by atoms with Crippen LogP contribution in [0.2, 0.25) is 0 Å². The second-order valence-electron chi connectivity index (χ2n) is 6.05. The SMILES string of the molecule is CC(C)C1CC(=O)N(CC(=O)c2cc3ccccc3o2)C1. The average molecular weight is 285 g/mol. The van der Waals surface area contributed by atoms with E-state index in [0.29, 0.717) is 36.1 Å². The zero-order valence-electron chi connectivity index (χ0n) is 12.3. The number of carbonyl (C=O) groups is 2. The monoisotopic (exact) mass is 285 g/mol. The summed E-state index contributed by atoms with van der Waals surface area (Å²) in [7, 11) is 0. The van der Waals surface area contributed by atoms with E-state index in [-0.39, 0.29) is 18.2 Å². The van der Waals surface area contributed by atoms with E-state index >= 15 is 0 Å². The van der Waals surface area contributed by atoms with Gasteiger partial charge in [0.1, 0.15) is 5.58 Å². The molecular weight excluding hydrogens is 266 g/mol. The van der Waals surface area contributed by atoms with Crippen molar-refractivity contribution < 1.29 is 14.0 Å². The maximum absolute atomic E-state index is 12.3. The van der Waals surface area contributed by atoms with Gasteiger partial charge in [0.15, 0.2) is 5.76 Å². The van der Waals surface area contributed by atoms with Gasteiger partial charge in [-0.05, 0) is 24.0 Å². The van der Waals surface area contributed by atoms with Crippen molar-refractivity contribution in [3.05, 3.63) is 36.1 Å². The van der Waals surface area contributed by atoms with Crippen LogP contribution in [-0.2, 0) is 4.79 Å². The third-order valence-electron chi connectivity index (χ3n) is 4.22. The predicted octanol–water partition coefficient (Wildman–Crippen LogP) is 3.12. The first-order valence-electron chi connectivity index (χ1n) is 7.34. The number of likely N-dealkylation sites (tertiary alicyclic amines) is 1. The van der Waals surface area contributed by atoms with Crippen LogP contribution in [-0.4, -0.2) is 29.7 Å². The molecule has 4 heteroatoms. The summed E-state index contributed by atoms with van der Waals surface area (Å²) in [5.74, 6) is 1.07. The van der Waals surface area contributed by atoms with Gasteiger partial charge in [0.25, 0.3) is 0 Å². The zero-order valence-corrected chi connectivity index (χ0v) is 12.3. The Morgan fingerprint density at radius 2 is 2.14 bits per heavy atom. The standard InChI is InChI=1S/C17H19NO3/c1-11(2)13-8-17(20)18(9-13)10-14(19)16-7-12-5-3-4-6-15(12)21-16/h3-7,11,13H,8-10H2,1-2H3. The largest absolute Gasteiger partial charge is 0.453 e. The second kappa shape index (κ2) is 5.35. The summed E-state index contributed by atoms with van der Waals surface area (Å²) in [6.07, 6.45) is 0.547. The molecule has 0 aliphatic carbocycles. The van der Waals surface area contributed by atoms with Crippen LogP contribution in [0.15, 0.2) is 34.7 Å². The number of Topliss-reactive ketones (excluding diaryl/α,β-unsaturated/α-hetero) is 1. The summed E-state index contributed by atoms with van der Waals surface area (Å²) in [5.41, 5.74) is 0.702. The number of hydrogen-bond donors (Lipinski definition) is 0. The van der Waals surface area contributed by atoms with Crippen molar-refractivity contribution in [1.29, 1.82) is 0 Å². The number of hydrogen-bond acceptors (Lipinski definition) is 3. The molecule has 4 nitrogen and oxygen atoms in total. The number of amides is 1. The van der Waals surface area contributed by atoms with Gasteiger partial charge in [-0.1, -0.05) is 32.0 Å². The fourth-order valence-corrected chi connectivity index (χ4v) is 2.77. The normalized spacial score (nSPS) is 18.9. The van der Waals surface area contributed by atoms with Gasteiger partial charge in [-0.15, -0.1) is 0 Å². The molecule has 1 amide bonds. The molecule has 0 radical (unpaired) electrons. The van der Waals surface area contributed by atoms with Crippen molar-refractivity contribution in [3.8, 4) is 0 Å². The van der Waals surface area contributed by atoms with Crippen LogP contribution in [0.1, 0.15) is 30.8 Å². The van der Waals surface area contributed by atoms with Crippen LogP contribution in [0, 0.1) is 11.8 Å². The predicted molar refractivity (Wildman–Crippen MR) is 80.1 cm³/mol. The van der Waals surface area contributed by atoms with Gasteiger partial charge in [-0.25, -0.2) is 0 Å². The van der Waals surface area contributed by atoms with E-state index in [1.54, 1.807) is 11.0 Å². The second-order valence-corrected chi connectivity index (χ2v) is 6.05. The highest BCUT2D eigenvalue weighted by molar-refractivity contribution is 6.00. The van der Waals surface area contributed by atoms with Gasteiger partial charge in [-0.2, -0.15) is 0 Å². The Bertz CT molecular complexity index is 653. The maximum atomic E-state index is 12.3. The molecule has 110 valence electrons.